The van der Waals surface area contributed by atoms with Crippen molar-refractivity contribution in [3.8, 4) is 0 Å². The number of hydrogen-bond donors (Lipinski definition) is 1. The van der Waals surface area contributed by atoms with Crippen LogP contribution in [0.25, 0.3) is 0 Å². The first-order valence-electron chi connectivity index (χ1n) is 8.70. The molecule has 0 aromatic heterocycles. The summed E-state index contributed by atoms with van der Waals surface area (Å²) in [6.45, 7) is 8.67. The van der Waals surface area contributed by atoms with Crippen LogP contribution in [0.15, 0.2) is 0 Å². The van der Waals surface area contributed by atoms with E-state index in [0.29, 0.717) is 6.04 Å². The molecule has 1 saturated heterocycles. The molecule has 19 heavy (non-hydrogen) atoms. The van der Waals surface area contributed by atoms with E-state index in [2.05, 4.69) is 24.1 Å². The van der Waals surface area contributed by atoms with Crippen molar-refractivity contribution in [2.75, 3.05) is 19.6 Å². The predicted molar refractivity (Wildman–Crippen MR) is 81.3 cm³/mol. The number of piperidine rings is 1. The molecule has 1 N–H and O–H groups in total. The molecule has 4 unspecified atom stereocenters. The van der Waals surface area contributed by atoms with Crippen LogP contribution in [0.2, 0.25) is 0 Å². The SMILES string of the molecule is CC(C)N(CC1CCCCN1)CC1CC2CCC1C2. The van der Waals surface area contributed by atoms with Gasteiger partial charge in [0.2, 0.25) is 0 Å². The van der Waals surface area contributed by atoms with Crippen molar-refractivity contribution in [1.82, 2.24) is 10.2 Å². The minimum absolute atomic E-state index is 0.711. The molecule has 0 radical (unpaired) electrons. The molecule has 3 aliphatic rings. The van der Waals surface area contributed by atoms with Crippen LogP contribution in [0.4, 0.5) is 0 Å². The number of nitrogens with zero attached hydrogens (tertiary/aromatic N) is 1. The molecule has 3 rings (SSSR count). The van der Waals surface area contributed by atoms with Gasteiger partial charge in [0.15, 0.2) is 0 Å². The third kappa shape index (κ3) is 3.33. The van der Waals surface area contributed by atoms with E-state index in [4.69, 9.17) is 0 Å². The first kappa shape index (κ1) is 13.9. The lowest BCUT2D eigenvalue weighted by molar-refractivity contribution is 0.136. The Labute approximate surface area is 119 Å². The lowest BCUT2D eigenvalue weighted by atomic mass is 9.88. The zero-order valence-corrected chi connectivity index (χ0v) is 12.9. The summed E-state index contributed by atoms with van der Waals surface area (Å²) in [4.78, 5) is 2.77. The molecule has 0 aromatic rings. The summed E-state index contributed by atoms with van der Waals surface area (Å²) in [6.07, 6.45) is 10.3. The van der Waals surface area contributed by atoms with Gasteiger partial charge in [-0.25, -0.2) is 0 Å². The smallest absolute Gasteiger partial charge is 0.0195 e. The van der Waals surface area contributed by atoms with Crippen molar-refractivity contribution in [2.45, 2.75) is 70.9 Å². The third-order valence-corrected chi connectivity index (χ3v) is 5.95. The van der Waals surface area contributed by atoms with Crippen LogP contribution in [0.1, 0.15) is 58.8 Å². The largest absolute Gasteiger partial charge is 0.313 e. The van der Waals surface area contributed by atoms with Crippen molar-refractivity contribution >= 4 is 0 Å². The molecule has 2 bridgehead atoms. The Balaban J connectivity index is 1.52. The average molecular weight is 264 g/mol. The third-order valence-electron chi connectivity index (χ3n) is 5.95. The van der Waals surface area contributed by atoms with Gasteiger partial charge in [0, 0.05) is 25.2 Å². The van der Waals surface area contributed by atoms with Gasteiger partial charge in [0.25, 0.3) is 0 Å². The van der Waals surface area contributed by atoms with Crippen molar-refractivity contribution in [2.24, 2.45) is 17.8 Å². The Bertz CT molecular complexity index is 283. The molecule has 1 heterocycles. The maximum atomic E-state index is 3.72. The van der Waals surface area contributed by atoms with E-state index >= 15 is 0 Å². The number of nitrogens with one attached hydrogen (secondary N) is 1. The Kier molecular flexibility index (Phi) is 4.48. The molecule has 2 nitrogen and oxygen atoms in total. The first-order valence-corrected chi connectivity index (χ1v) is 8.70. The fourth-order valence-corrected chi connectivity index (χ4v) is 4.76. The van der Waals surface area contributed by atoms with E-state index in [1.165, 1.54) is 58.2 Å². The van der Waals surface area contributed by atoms with Crippen molar-refractivity contribution in [3.63, 3.8) is 0 Å². The number of rotatable bonds is 5. The minimum atomic E-state index is 0.711. The van der Waals surface area contributed by atoms with Gasteiger partial charge in [-0.15, -0.1) is 0 Å². The van der Waals surface area contributed by atoms with Crippen LogP contribution in [-0.2, 0) is 0 Å². The van der Waals surface area contributed by atoms with Gasteiger partial charge < -0.3 is 5.32 Å². The lowest BCUT2D eigenvalue weighted by Gasteiger charge is -2.36. The van der Waals surface area contributed by atoms with Gasteiger partial charge >= 0.3 is 0 Å². The van der Waals surface area contributed by atoms with E-state index in [1.807, 2.05) is 0 Å². The fraction of sp³-hybridized carbons (Fsp3) is 1.00. The molecule has 2 aliphatic carbocycles. The highest BCUT2D eigenvalue weighted by atomic mass is 15.2. The maximum Gasteiger partial charge on any atom is 0.0195 e. The topological polar surface area (TPSA) is 15.3 Å². The normalized spacial score (nSPS) is 38.5. The van der Waals surface area contributed by atoms with Crippen molar-refractivity contribution in [3.05, 3.63) is 0 Å². The van der Waals surface area contributed by atoms with Gasteiger partial charge in [-0.3, -0.25) is 4.90 Å². The van der Waals surface area contributed by atoms with Gasteiger partial charge in [-0.1, -0.05) is 12.8 Å². The Morgan fingerprint density at radius 1 is 1.05 bits per heavy atom. The highest BCUT2D eigenvalue weighted by Crippen LogP contribution is 2.48. The van der Waals surface area contributed by atoms with E-state index in [-0.39, 0.29) is 0 Å². The Hall–Kier alpha value is -0.0800. The van der Waals surface area contributed by atoms with E-state index in [9.17, 15) is 0 Å². The van der Waals surface area contributed by atoms with E-state index in [1.54, 1.807) is 6.42 Å². The summed E-state index contributed by atoms with van der Waals surface area (Å²) in [7, 11) is 0. The summed E-state index contributed by atoms with van der Waals surface area (Å²) in [6, 6.07) is 1.47. The van der Waals surface area contributed by atoms with E-state index in [0.717, 1.165) is 23.8 Å². The second-order valence-corrected chi connectivity index (χ2v) is 7.63. The molecule has 2 saturated carbocycles. The molecule has 0 aromatic carbocycles. The highest BCUT2D eigenvalue weighted by molar-refractivity contribution is 4.92. The van der Waals surface area contributed by atoms with Crippen molar-refractivity contribution in [1.29, 1.82) is 0 Å². The fourth-order valence-electron chi connectivity index (χ4n) is 4.76. The summed E-state index contributed by atoms with van der Waals surface area (Å²) < 4.78 is 0. The lowest BCUT2D eigenvalue weighted by Crippen LogP contribution is -2.47. The molecule has 1 aliphatic heterocycles. The maximum absolute atomic E-state index is 3.72. The highest BCUT2D eigenvalue weighted by Gasteiger charge is 2.40. The average Bonchev–Trinajstić information content (AvgIpc) is 3.01. The van der Waals surface area contributed by atoms with Crippen LogP contribution in [-0.4, -0.2) is 36.6 Å². The molecule has 0 amide bonds. The molecule has 4 atom stereocenters. The van der Waals surface area contributed by atoms with Crippen LogP contribution in [0.3, 0.4) is 0 Å². The van der Waals surface area contributed by atoms with Crippen molar-refractivity contribution < 1.29 is 0 Å². The van der Waals surface area contributed by atoms with Crippen LogP contribution < -0.4 is 5.32 Å². The zero-order chi connectivity index (χ0) is 13.2. The predicted octanol–water partition coefficient (Wildman–Crippen LogP) is 3.28. The second-order valence-electron chi connectivity index (χ2n) is 7.63. The Morgan fingerprint density at radius 2 is 1.95 bits per heavy atom. The summed E-state index contributed by atoms with van der Waals surface area (Å²) in [5, 5.41) is 3.72. The zero-order valence-electron chi connectivity index (χ0n) is 12.9. The quantitative estimate of drug-likeness (QED) is 0.820. The monoisotopic (exact) mass is 264 g/mol. The standard InChI is InChI=1S/C17H32N2/c1-13(2)19(12-17-5-3-4-8-18-17)11-16-10-14-6-7-15(16)9-14/h13-18H,3-12H2,1-2H3. The summed E-state index contributed by atoms with van der Waals surface area (Å²) in [5.74, 6) is 3.19. The first-order chi connectivity index (χ1) is 9.22. The summed E-state index contributed by atoms with van der Waals surface area (Å²) >= 11 is 0. The number of fused-ring (bicyclic) bond motifs is 2. The van der Waals surface area contributed by atoms with E-state index < -0.39 is 0 Å². The molecule has 3 fully saturated rings. The molecule has 110 valence electrons. The van der Waals surface area contributed by atoms with Crippen LogP contribution in [0.5, 0.6) is 0 Å². The van der Waals surface area contributed by atoms with Crippen LogP contribution >= 0.6 is 0 Å². The summed E-state index contributed by atoms with van der Waals surface area (Å²) in [5.41, 5.74) is 0. The number of hydrogen-bond acceptors (Lipinski definition) is 2. The molecule has 0 spiro atoms. The molecule has 2 heteroatoms. The Morgan fingerprint density at radius 3 is 2.53 bits per heavy atom. The van der Waals surface area contributed by atoms with Gasteiger partial charge in [0.1, 0.15) is 0 Å². The molecular weight excluding hydrogens is 232 g/mol. The van der Waals surface area contributed by atoms with Gasteiger partial charge in [-0.05, 0) is 70.3 Å². The molecular formula is C17H32N2. The second kappa shape index (κ2) is 6.13. The van der Waals surface area contributed by atoms with Crippen LogP contribution in [0, 0.1) is 17.8 Å². The minimum Gasteiger partial charge on any atom is -0.313 e. The van der Waals surface area contributed by atoms with Gasteiger partial charge in [0.05, 0.1) is 0 Å². The van der Waals surface area contributed by atoms with Gasteiger partial charge in [-0.2, -0.15) is 0 Å².